The summed E-state index contributed by atoms with van der Waals surface area (Å²) in [5.41, 5.74) is 3.14. The maximum atomic E-state index is 13.4. The number of ether oxygens (including phenoxy) is 1. The fourth-order valence-corrected chi connectivity index (χ4v) is 3.90. The molecule has 1 heterocycles. The first-order valence-corrected chi connectivity index (χ1v) is 8.90. The molecule has 1 aromatic rings. The van der Waals surface area contributed by atoms with Crippen molar-refractivity contribution in [2.75, 3.05) is 6.61 Å². The van der Waals surface area contributed by atoms with E-state index in [9.17, 15) is 14.0 Å². The van der Waals surface area contributed by atoms with Crippen LogP contribution in [0.15, 0.2) is 46.8 Å². The van der Waals surface area contributed by atoms with Crippen molar-refractivity contribution in [3.8, 4) is 0 Å². The van der Waals surface area contributed by atoms with Crippen molar-refractivity contribution in [1.29, 1.82) is 0 Å². The van der Waals surface area contributed by atoms with Gasteiger partial charge >= 0.3 is 5.97 Å². The average Bonchev–Trinajstić information content (AvgIpc) is 2.53. The van der Waals surface area contributed by atoms with Crippen LogP contribution in [0.4, 0.5) is 4.39 Å². The summed E-state index contributed by atoms with van der Waals surface area (Å²) in [5.74, 6) is -1.32. The second-order valence-electron chi connectivity index (χ2n) is 7.70. The van der Waals surface area contributed by atoms with Gasteiger partial charge in [0.15, 0.2) is 5.78 Å². The Kier molecular flexibility index (Phi) is 4.74. The number of benzene rings is 1. The van der Waals surface area contributed by atoms with Crippen LogP contribution in [0, 0.1) is 11.2 Å². The van der Waals surface area contributed by atoms with Gasteiger partial charge in [0, 0.05) is 29.3 Å². The molecule has 138 valence electrons. The molecular formula is C21H24FNO3. The number of nitrogens with one attached hydrogen (secondary N) is 1. The quantitative estimate of drug-likeness (QED) is 0.831. The van der Waals surface area contributed by atoms with Crippen molar-refractivity contribution in [2.45, 2.75) is 46.5 Å². The first kappa shape index (κ1) is 18.4. The Balaban J connectivity index is 2.17. The number of allylic oxidation sites excluding steroid dienone is 3. The average molecular weight is 357 g/mol. The first-order valence-electron chi connectivity index (χ1n) is 8.90. The fraction of sp³-hybridized carbons (Fsp3) is 0.429. The Labute approximate surface area is 153 Å². The standard InChI is InChI=1S/C21H24FNO3/c1-5-26-20(25)17-12(2)23-15-10-21(3,4)11-16(24)19(15)18(17)13-6-8-14(22)9-7-13/h6-9,18,23H,5,10-11H2,1-4H3/t18-/m0/s1. The van der Waals surface area contributed by atoms with Crippen molar-refractivity contribution in [1.82, 2.24) is 5.32 Å². The van der Waals surface area contributed by atoms with E-state index in [0.717, 1.165) is 17.7 Å². The zero-order valence-corrected chi connectivity index (χ0v) is 15.6. The molecule has 4 nitrogen and oxygen atoms in total. The molecule has 0 radical (unpaired) electrons. The SMILES string of the molecule is CCOC(=O)C1=C(C)NC2=C(C(=O)CC(C)(C)C2)[C@H]1c1ccc(F)cc1. The zero-order chi connectivity index (χ0) is 19.1. The Hall–Kier alpha value is -2.43. The number of ketones is 1. The molecule has 0 amide bonds. The van der Waals surface area contributed by atoms with Gasteiger partial charge in [-0.25, -0.2) is 9.18 Å². The van der Waals surface area contributed by atoms with Gasteiger partial charge in [0.25, 0.3) is 0 Å². The number of dihydropyridines is 1. The minimum Gasteiger partial charge on any atom is -0.463 e. The maximum absolute atomic E-state index is 13.4. The van der Waals surface area contributed by atoms with E-state index >= 15 is 0 Å². The number of halogens is 1. The van der Waals surface area contributed by atoms with Gasteiger partial charge < -0.3 is 10.1 Å². The van der Waals surface area contributed by atoms with Gasteiger partial charge in [-0.3, -0.25) is 4.79 Å². The summed E-state index contributed by atoms with van der Waals surface area (Å²) in [6.07, 6.45) is 1.14. The van der Waals surface area contributed by atoms with E-state index in [4.69, 9.17) is 4.74 Å². The van der Waals surface area contributed by atoms with Crippen LogP contribution in [0.5, 0.6) is 0 Å². The molecule has 0 saturated heterocycles. The van der Waals surface area contributed by atoms with Crippen molar-refractivity contribution in [3.63, 3.8) is 0 Å². The van der Waals surface area contributed by atoms with Gasteiger partial charge in [0.1, 0.15) is 5.82 Å². The molecule has 1 aliphatic heterocycles. The normalized spacial score (nSPS) is 22.0. The van der Waals surface area contributed by atoms with Gasteiger partial charge in [-0.1, -0.05) is 26.0 Å². The van der Waals surface area contributed by atoms with Crippen LogP contribution in [-0.2, 0) is 14.3 Å². The van der Waals surface area contributed by atoms with E-state index in [1.807, 2.05) is 6.92 Å². The number of rotatable bonds is 3. The molecule has 5 heteroatoms. The first-order chi connectivity index (χ1) is 12.2. The lowest BCUT2D eigenvalue weighted by molar-refractivity contribution is -0.138. The molecule has 0 aromatic heterocycles. The van der Waals surface area contributed by atoms with Crippen LogP contribution < -0.4 is 5.32 Å². The van der Waals surface area contributed by atoms with Gasteiger partial charge in [0.2, 0.25) is 0 Å². The lowest BCUT2D eigenvalue weighted by Crippen LogP contribution is -2.38. The second-order valence-corrected chi connectivity index (χ2v) is 7.70. The third-order valence-corrected chi connectivity index (χ3v) is 4.94. The third-order valence-electron chi connectivity index (χ3n) is 4.94. The smallest absolute Gasteiger partial charge is 0.336 e. The van der Waals surface area contributed by atoms with Crippen molar-refractivity contribution >= 4 is 11.8 Å². The second kappa shape index (κ2) is 6.71. The monoisotopic (exact) mass is 357 g/mol. The summed E-state index contributed by atoms with van der Waals surface area (Å²) in [6, 6.07) is 5.98. The van der Waals surface area contributed by atoms with E-state index in [-0.39, 0.29) is 23.6 Å². The Bertz CT molecular complexity index is 818. The number of Topliss-reactive ketones (excluding diaryl/α,β-unsaturated/α-hetero) is 1. The van der Waals surface area contributed by atoms with Crippen molar-refractivity contribution in [3.05, 3.63) is 58.2 Å². The highest BCUT2D eigenvalue weighted by Crippen LogP contribution is 2.46. The molecule has 0 unspecified atom stereocenters. The van der Waals surface area contributed by atoms with Crippen LogP contribution in [0.3, 0.4) is 0 Å². The summed E-state index contributed by atoms with van der Waals surface area (Å²) in [6.45, 7) is 7.93. The Morgan fingerprint density at radius 3 is 2.54 bits per heavy atom. The summed E-state index contributed by atoms with van der Waals surface area (Å²) in [5, 5.41) is 3.27. The summed E-state index contributed by atoms with van der Waals surface area (Å²) >= 11 is 0. The number of carbonyl (C=O) groups is 2. The maximum Gasteiger partial charge on any atom is 0.336 e. The minimum absolute atomic E-state index is 0.0207. The van der Waals surface area contributed by atoms with Gasteiger partial charge in [-0.05, 0) is 43.4 Å². The highest BCUT2D eigenvalue weighted by atomic mass is 19.1. The van der Waals surface area contributed by atoms with Gasteiger partial charge in [0.05, 0.1) is 12.2 Å². The minimum atomic E-state index is -0.533. The molecule has 0 fully saturated rings. The third kappa shape index (κ3) is 3.30. The fourth-order valence-electron chi connectivity index (χ4n) is 3.90. The highest BCUT2D eigenvalue weighted by molar-refractivity contribution is 6.04. The highest BCUT2D eigenvalue weighted by Gasteiger charge is 2.43. The number of carbonyl (C=O) groups excluding carboxylic acids is 2. The summed E-state index contributed by atoms with van der Waals surface area (Å²) in [4.78, 5) is 25.6. The van der Waals surface area contributed by atoms with E-state index in [0.29, 0.717) is 23.3 Å². The molecular weight excluding hydrogens is 333 g/mol. The van der Waals surface area contributed by atoms with E-state index in [1.54, 1.807) is 19.1 Å². The van der Waals surface area contributed by atoms with Crippen LogP contribution in [-0.4, -0.2) is 18.4 Å². The molecule has 1 atom stereocenters. The van der Waals surface area contributed by atoms with Crippen LogP contribution in [0.25, 0.3) is 0 Å². The molecule has 1 aliphatic carbocycles. The molecule has 2 aliphatic rings. The van der Waals surface area contributed by atoms with Crippen LogP contribution in [0.2, 0.25) is 0 Å². The predicted molar refractivity (Wildman–Crippen MR) is 96.7 cm³/mol. The topological polar surface area (TPSA) is 55.4 Å². The number of hydrogen-bond acceptors (Lipinski definition) is 4. The lowest BCUT2D eigenvalue weighted by atomic mass is 9.68. The predicted octanol–water partition coefficient (Wildman–Crippen LogP) is 3.99. The molecule has 1 aromatic carbocycles. The van der Waals surface area contributed by atoms with Gasteiger partial charge in [-0.2, -0.15) is 0 Å². The molecule has 0 spiro atoms. The van der Waals surface area contributed by atoms with Crippen LogP contribution in [0.1, 0.15) is 52.0 Å². The molecule has 0 bridgehead atoms. The van der Waals surface area contributed by atoms with E-state index in [1.165, 1.54) is 12.1 Å². The molecule has 3 rings (SSSR count). The van der Waals surface area contributed by atoms with Crippen LogP contribution >= 0.6 is 0 Å². The Morgan fingerprint density at radius 2 is 1.92 bits per heavy atom. The van der Waals surface area contributed by atoms with Gasteiger partial charge in [-0.15, -0.1) is 0 Å². The summed E-state index contributed by atoms with van der Waals surface area (Å²) < 4.78 is 18.7. The zero-order valence-electron chi connectivity index (χ0n) is 15.6. The van der Waals surface area contributed by atoms with Crippen molar-refractivity contribution in [2.24, 2.45) is 5.41 Å². The van der Waals surface area contributed by atoms with E-state index < -0.39 is 11.9 Å². The Morgan fingerprint density at radius 1 is 1.27 bits per heavy atom. The van der Waals surface area contributed by atoms with Crippen molar-refractivity contribution < 1.29 is 18.7 Å². The largest absolute Gasteiger partial charge is 0.463 e. The molecule has 26 heavy (non-hydrogen) atoms. The number of esters is 1. The van der Waals surface area contributed by atoms with E-state index in [2.05, 4.69) is 19.2 Å². The lowest BCUT2D eigenvalue weighted by Gasteiger charge is -2.39. The summed E-state index contributed by atoms with van der Waals surface area (Å²) in [7, 11) is 0. The molecule has 0 saturated carbocycles. The number of hydrogen-bond donors (Lipinski definition) is 1. The molecule has 1 N–H and O–H groups in total.